The van der Waals surface area contributed by atoms with Crippen molar-refractivity contribution >= 4 is 17.4 Å². The summed E-state index contributed by atoms with van der Waals surface area (Å²) in [6.07, 6.45) is 3.60. The van der Waals surface area contributed by atoms with E-state index < -0.39 is 0 Å². The molecule has 4 aromatic rings. The molecule has 0 aliphatic carbocycles. The minimum absolute atomic E-state index is 0.209. The highest BCUT2D eigenvalue weighted by Gasteiger charge is 2.15. The average Bonchev–Trinajstić information content (AvgIpc) is 3.22. The number of fused-ring (bicyclic) bond motifs is 1. The first kappa shape index (κ1) is 13.3. The summed E-state index contributed by atoms with van der Waals surface area (Å²) in [5.41, 5.74) is 1.83. The molecule has 0 aliphatic heterocycles. The number of anilines is 1. The Hall–Kier alpha value is -3.41. The predicted octanol–water partition coefficient (Wildman–Crippen LogP) is 3.24. The van der Waals surface area contributed by atoms with Crippen LogP contribution < -0.4 is 5.32 Å². The van der Waals surface area contributed by atoms with Gasteiger partial charge in [-0.15, -0.1) is 0 Å². The standard InChI is InChI=1S/C17H12N4O2/c22-17(19-15-11-21-9-5-4-8-16(21)18-15)13-10-14(23-20-13)12-6-2-1-3-7-12/h1-11H,(H,19,22). The molecular formula is C17H12N4O2. The zero-order valence-electron chi connectivity index (χ0n) is 12.0. The first-order chi connectivity index (χ1) is 11.3. The van der Waals surface area contributed by atoms with Crippen LogP contribution in [0.15, 0.2) is 71.5 Å². The number of nitrogens with one attached hydrogen (secondary N) is 1. The summed E-state index contributed by atoms with van der Waals surface area (Å²) in [6.45, 7) is 0. The minimum atomic E-state index is -0.362. The highest BCUT2D eigenvalue weighted by molar-refractivity contribution is 6.02. The first-order valence-corrected chi connectivity index (χ1v) is 7.07. The third-order valence-electron chi connectivity index (χ3n) is 3.41. The maximum absolute atomic E-state index is 12.3. The maximum atomic E-state index is 12.3. The Morgan fingerprint density at radius 1 is 1.09 bits per heavy atom. The van der Waals surface area contributed by atoms with Crippen LogP contribution in [-0.2, 0) is 0 Å². The van der Waals surface area contributed by atoms with E-state index in [1.807, 2.05) is 59.1 Å². The molecule has 0 unspecified atom stereocenters. The van der Waals surface area contributed by atoms with Gasteiger partial charge in [-0.05, 0) is 12.1 Å². The van der Waals surface area contributed by atoms with Crippen LogP contribution in [0.1, 0.15) is 10.5 Å². The van der Waals surface area contributed by atoms with Crippen molar-refractivity contribution in [3.8, 4) is 11.3 Å². The van der Waals surface area contributed by atoms with E-state index in [0.717, 1.165) is 11.2 Å². The van der Waals surface area contributed by atoms with Crippen molar-refractivity contribution in [3.63, 3.8) is 0 Å². The first-order valence-electron chi connectivity index (χ1n) is 7.07. The van der Waals surface area contributed by atoms with Gasteiger partial charge in [-0.1, -0.05) is 41.6 Å². The Labute approximate surface area is 131 Å². The van der Waals surface area contributed by atoms with Crippen LogP contribution in [0.4, 0.5) is 5.82 Å². The van der Waals surface area contributed by atoms with Gasteiger partial charge in [-0.3, -0.25) is 4.79 Å². The molecule has 6 nitrogen and oxygen atoms in total. The van der Waals surface area contributed by atoms with Crippen molar-refractivity contribution in [2.45, 2.75) is 0 Å². The lowest BCUT2D eigenvalue weighted by molar-refractivity contribution is 0.101. The van der Waals surface area contributed by atoms with Gasteiger partial charge in [0.25, 0.3) is 5.91 Å². The van der Waals surface area contributed by atoms with Gasteiger partial charge >= 0.3 is 0 Å². The monoisotopic (exact) mass is 304 g/mol. The quantitative estimate of drug-likeness (QED) is 0.630. The summed E-state index contributed by atoms with van der Waals surface area (Å²) < 4.78 is 7.06. The van der Waals surface area contributed by atoms with E-state index in [4.69, 9.17) is 4.52 Å². The summed E-state index contributed by atoms with van der Waals surface area (Å²) in [5, 5.41) is 6.54. The molecular weight excluding hydrogens is 292 g/mol. The lowest BCUT2D eigenvalue weighted by Gasteiger charge is -1.96. The van der Waals surface area contributed by atoms with E-state index in [0.29, 0.717) is 11.6 Å². The zero-order valence-corrected chi connectivity index (χ0v) is 12.0. The second kappa shape index (κ2) is 5.42. The Bertz CT molecular complexity index is 939. The number of carbonyl (C=O) groups is 1. The number of hydrogen-bond donors (Lipinski definition) is 1. The van der Waals surface area contributed by atoms with Gasteiger partial charge in [-0.25, -0.2) is 4.98 Å². The van der Waals surface area contributed by atoms with E-state index in [1.54, 1.807) is 12.3 Å². The van der Waals surface area contributed by atoms with Crippen LogP contribution in [0, 0.1) is 0 Å². The molecule has 23 heavy (non-hydrogen) atoms. The molecule has 1 N–H and O–H groups in total. The number of nitrogens with zero attached hydrogens (tertiary/aromatic N) is 3. The SMILES string of the molecule is O=C(Nc1cn2ccccc2n1)c1cc(-c2ccccc2)on1. The normalized spacial score (nSPS) is 10.8. The maximum Gasteiger partial charge on any atom is 0.279 e. The van der Waals surface area contributed by atoms with E-state index in [2.05, 4.69) is 15.5 Å². The van der Waals surface area contributed by atoms with Gasteiger partial charge in [0.2, 0.25) is 0 Å². The highest BCUT2D eigenvalue weighted by Crippen LogP contribution is 2.20. The largest absolute Gasteiger partial charge is 0.355 e. The second-order valence-electron chi connectivity index (χ2n) is 4.99. The van der Waals surface area contributed by atoms with Gasteiger partial charge < -0.3 is 14.2 Å². The molecule has 0 saturated carbocycles. The zero-order chi connectivity index (χ0) is 15.6. The number of imidazole rings is 1. The number of amides is 1. The molecule has 1 aromatic carbocycles. The van der Waals surface area contributed by atoms with Gasteiger partial charge in [-0.2, -0.15) is 0 Å². The van der Waals surface area contributed by atoms with Crippen molar-refractivity contribution < 1.29 is 9.32 Å². The number of aromatic nitrogens is 3. The predicted molar refractivity (Wildman–Crippen MR) is 85.1 cm³/mol. The molecule has 4 rings (SSSR count). The van der Waals surface area contributed by atoms with E-state index in [-0.39, 0.29) is 11.6 Å². The summed E-state index contributed by atoms with van der Waals surface area (Å²) in [5.74, 6) is 0.649. The molecule has 1 amide bonds. The van der Waals surface area contributed by atoms with Crippen LogP contribution in [0.2, 0.25) is 0 Å². The molecule has 6 heteroatoms. The minimum Gasteiger partial charge on any atom is -0.355 e. The van der Waals surface area contributed by atoms with Crippen molar-refractivity contribution in [1.82, 2.24) is 14.5 Å². The summed E-state index contributed by atoms with van der Waals surface area (Å²) >= 11 is 0. The summed E-state index contributed by atoms with van der Waals surface area (Å²) in [4.78, 5) is 16.6. The van der Waals surface area contributed by atoms with E-state index >= 15 is 0 Å². The average molecular weight is 304 g/mol. The highest BCUT2D eigenvalue weighted by atomic mass is 16.5. The van der Waals surface area contributed by atoms with E-state index in [1.165, 1.54) is 0 Å². The van der Waals surface area contributed by atoms with Crippen LogP contribution in [0.3, 0.4) is 0 Å². The van der Waals surface area contributed by atoms with Crippen LogP contribution in [0.25, 0.3) is 17.0 Å². The molecule has 0 aliphatic rings. The Morgan fingerprint density at radius 2 is 1.91 bits per heavy atom. The number of hydrogen-bond acceptors (Lipinski definition) is 4. The smallest absolute Gasteiger partial charge is 0.279 e. The Kier molecular flexibility index (Phi) is 3.12. The molecule has 0 spiro atoms. The number of pyridine rings is 1. The molecule has 0 radical (unpaired) electrons. The number of benzene rings is 1. The Morgan fingerprint density at radius 3 is 2.74 bits per heavy atom. The molecule has 0 saturated heterocycles. The van der Waals surface area contributed by atoms with Gasteiger partial charge in [0.05, 0.1) is 6.20 Å². The van der Waals surface area contributed by atoms with Crippen molar-refractivity contribution in [2.24, 2.45) is 0 Å². The van der Waals surface area contributed by atoms with Gasteiger partial charge in [0.15, 0.2) is 17.3 Å². The molecule has 3 heterocycles. The van der Waals surface area contributed by atoms with E-state index in [9.17, 15) is 4.79 Å². The summed E-state index contributed by atoms with van der Waals surface area (Å²) in [6, 6.07) is 16.7. The molecule has 0 atom stereocenters. The fourth-order valence-corrected chi connectivity index (χ4v) is 2.30. The third kappa shape index (κ3) is 2.57. The van der Waals surface area contributed by atoms with Gasteiger partial charge in [0, 0.05) is 17.8 Å². The van der Waals surface area contributed by atoms with Crippen LogP contribution >= 0.6 is 0 Å². The molecule has 0 fully saturated rings. The fraction of sp³-hybridized carbons (Fsp3) is 0. The number of rotatable bonds is 3. The lowest BCUT2D eigenvalue weighted by Crippen LogP contribution is -2.12. The fourth-order valence-electron chi connectivity index (χ4n) is 2.30. The van der Waals surface area contributed by atoms with Crippen LogP contribution in [-0.4, -0.2) is 20.4 Å². The molecule has 3 aromatic heterocycles. The second-order valence-corrected chi connectivity index (χ2v) is 4.99. The van der Waals surface area contributed by atoms with Crippen molar-refractivity contribution in [2.75, 3.05) is 5.32 Å². The van der Waals surface area contributed by atoms with Crippen molar-refractivity contribution in [1.29, 1.82) is 0 Å². The Balaban J connectivity index is 1.56. The lowest BCUT2D eigenvalue weighted by atomic mass is 10.1. The molecule has 0 bridgehead atoms. The van der Waals surface area contributed by atoms with Crippen LogP contribution in [0.5, 0.6) is 0 Å². The number of carbonyl (C=O) groups excluding carboxylic acids is 1. The summed E-state index contributed by atoms with van der Waals surface area (Å²) in [7, 11) is 0. The molecule has 112 valence electrons. The third-order valence-corrected chi connectivity index (χ3v) is 3.41. The van der Waals surface area contributed by atoms with Gasteiger partial charge in [0.1, 0.15) is 5.65 Å². The van der Waals surface area contributed by atoms with Crippen molar-refractivity contribution in [3.05, 3.63) is 72.7 Å². The topological polar surface area (TPSA) is 72.4 Å².